The van der Waals surface area contributed by atoms with Gasteiger partial charge in [0.2, 0.25) is 0 Å². The van der Waals surface area contributed by atoms with Crippen molar-refractivity contribution in [3.63, 3.8) is 0 Å². The summed E-state index contributed by atoms with van der Waals surface area (Å²) >= 11 is 1.66. The number of rotatable bonds is 4. The number of hydrogen-bond donors (Lipinski definition) is 0. The van der Waals surface area contributed by atoms with Gasteiger partial charge < -0.3 is 14.5 Å². The van der Waals surface area contributed by atoms with Gasteiger partial charge in [-0.05, 0) is 38.1 Å². The van der Waals surface area contributed by atoms with Gasteiger partial charge in [0.1, 0.15) is 11.4 Å². The minimum atomic E-state index is 0.00286. The van der Waals surface area contributed by atoms with Crippen LogP contribution in [0.4, 0.5) is 5.13 Å². The quantitative estimate of drug-likeness (QED) is 0.691. The second-order valence-corrected chi connectivity index (χ2v) is 7.89. The number of nitrogens with zero attached hydrogens (tertiary/aromatic N) is 5. The standard InChI is InChI=1S/C19H23N5O2S/c1-13(2)24-7-6-16(21-24)18(25)22-8-10-23(11-9-22)19-20-15-5-4-14(26-3)12-17(15)27-19/h4-7,12-13H,8-11H2,1-3H3. The summed E-state index contributed by atoms with van der Waals surface area (Å²) < 4.78 is 8.22. The van der Waals surface area contributed by atoms with Crippen molar-refractivity contribution in [1.29, 1.82) is 0 Å². The number of methoxy groups -OCH3 is 1. The molecule has 3 heterocycles. The molecule has 1 amide bonds. The lowest BCUT2D eigenvalue weighted by Crippen LogP contribution is -2.48. The van der Waals surface area contributed by atoms with Crippen LogP contribution >= 0.6 is 11.3 Å². The van der Waals surface area contributed by atoms with Crippen molar-refractivity contribution < 1.29 is 9.53 Å². The van der Waals surface area contributed by atoms with Crippen LogP contribution in [-0.4, -0.2) is 58.9 Å². The first-order valence-corrected chi connectivity index (χ1v) is 9.91. The molecule has 8 heteroatoms. The predicted octanol–water partition coefficient (Wildman–Crippen LogP) is 3.04. The third-order valence-electron chi connectivity index (χ3n) is 4.78. The van der Waals surface area contributed by atoms with Gasteiger partial charge >= 0.3 is 0 Å². The van der Waals surface area contributed by atoms with Crippen LogP contribution in [0.5, 0.6) is 5.75 Å². The van der Waals surface area contributed by atoms with Crippen LogP contribution in [0.3, 0.4) is 0 Å². The number of piperazine rings is 1. The number of carbonyl (C=O) groups is 1. The molecule has 1 aliphatic heterocycles. The molecular formula is C19H23N5O2S. The van der Waals surface area contributed by atoms with Gasteiger partial charge in [-0.2, -0.15) is 5.10 Å². The van der Waals surface area contributed by atoms with E-state index in [9.17, 15) is 4.79 Å². The zero-order valence-electron chi connectivity index (χ0n) is 15.8. The monoisotopic (exact) mass is 385 g/mol. The van der Waals surface area contributed by atoms with Crippen LogP contribution in [-0.2, 0) is 0 Å². The van der Waals surface area contributed by atoms with E-state index >= 15 is 0 Å². The van der Waals surface area contributed by atoms with Gasteiger partial charge in [0.05, 0.1) is 17.3 Å². The molecule has 1 aromatic carbocycles. The first-order valence-electron chi connectivity index (χ1n) is 9.09. The van der Waals surface area contributed by atoms with Crippen LogP contribution in [0.1, 0.15) is 30.4 Å². The average Bonchev–Trinajstić information content (AvgIpc) is 3.34. The fourth-order valence-corrected chi connectivity index (χ4v) is 4.20. The summed E-state index contributed by atoms with van der Waals surface area (Å²) in [6.45, 7) is 6.99. The number of carbonyl (C=O) groups excluding carboxylic acids is 1. The fraction of sp³-hybridized carbons (Fsp3) is 0.421. The number of anilines is 1. The van der Waals surface area contributed by atoms with E-state index in [0.29, 0.717) is 18.8 Å². The highest BCUT2D eigenvalue weighted by atomic mass is 32.1. The lowest BCUT2D eigenvalue weighted by molar-refractivity contribution is 0.0739. The molecule has 0 N–H and O–H groups in total. The van der Waals surface area contributed by atoms with Gasteiger partial charge in [0.25, 0.3) is 5.91 Å². The van der Waals surface area contributed by atoms with Crippen molar-refractivity contribution in [2.45, 2.75) is 19.9 Å². The number of amides is 1. The van der Waals surface area contributed by atoms with Gasteiger partial charge in [0.15, 0.2) is 5.13 Å². The molecule has 1 saturated heterocycles. The number of ether oxygens (including phenoxy) is 1. The summed E-state index contributed by atoms with van der Waals surface area (Å²) in [6.07, 6.45) is 1.86. The van der Waals surface area contributed by atoms with Crippen molar-refractivity contribution >= 4 is 32.6 Å². The summed E-state index contributed by atoms with van der Waals surface area (Å²) in [5.41, 5.74) is 1.50. The Kier molecular flexibility index (Phi) is 4.73. The lowest BCUT2D eigenvalue weighted by atomic mass is 10.3. The number of thiazole rings is 1. The molecule has 142 valence electrons. The van der Waals surface area contributed by atoms with E-state index in [2.05, 4.69) is 10.00 Å². The SMILES string of the molecule is COc1ccc2nc(N3CCN(C(=O)c4ccn(C(C)C)n4)CC3)sc2c1. The van der Waals surface area contributed by atoms with Crippen molar-refractivity contribution in [2.75, 3.05) is 38.2 Å². The largest absolute Gasteiger partial charge is 0.497 e. The molecule has 4 rings (SSSR count). The molecule has 0 aliphatic carbocycles. The van der Waals surface area contributed by atoms with Crippen LogP contribution in [0.2, 0.25) is 0 Å². The van der Waals surface area contributed by atoms with Gasteiger partial charge in [-0.3, -0.25) is 9.48 Å². The topological polar surface area (TPSA) is 63.5 Å². The normalized spacial score (nSPS) is 15.0. The van der Waals surface area contributed by atoms with Crippen LogP contribution < -0.4 is 9.64 Å². The minimum absolute atomic E-state index is 0.00286. The van der Waals surface area contributed by atoms with E-state index in [-0.39, 0.29) is 11.9 Å². The maximum absolute atomic E-state index is 12.7. The van der Waals surface area contributed by atoms with Crippen molar-refractivity contribution in [1.82, 2.24) is 19.7 Å². The van der Waals surface area contributed by atoms with Crippen molar-refractivity contribution in [2.24, 2.45) is 0 Å². The van der Waals surface area contributed by atoms with E-state index in [0.717, 1.165) is 34.2 Å². The molecule has 0 unspecified atom stereocenters. The zero-order valence-corrected chi connectivity index (χ0v) is 16.6. The van der Waals surface area contributed by atoms with Gasteiger partial charge in [-0.15, -0.1) is 0 Å². The van der Waals surface area contributed by atoms with E-state index in [1.165, 1.54) is 0 Å². The zero-order chi connectivity index (χ0) is 19.0. The summed E-state index contributed by atoms with van der Waals surface area (Å²) in [5, 5.41) is 5.39. The summed E-state index contributed by atoms with van der Waals surface area (Å²) in [5.74, 6) is 0.844. The summed E-state index contributed by atoms with van der Waals surface area (Å²) in [7, 11) is 1.67. The average molecular weight is 385 g/mol. The van der Waals surface area contributed by atoms with Gasteiger partial charge in [0, 0.05) is 38.4 Å². The number of fused-ring (bicyclic) bond motifs is 1. The maximum Gasteiger partial charge on any atom is 0.274 e. The smallest absolute Gasteiger partial charge is 0.274 e. The van der Waals surface area contributed by atoms with E-state index < -0.39 is 0 Å². The molecule has 3 aromatic rings. The highest BCUT2D eigenvalue weighted by molar-refractivity contribution is 7.22. The Hall–Kier alpha value is -2.61. The molecule has 7 nitrogen and oxygen atoms in total. The first-order chi connectivity index (χ1) is 13.0. The third-order valence-corrected chi connectivity index (χ3v) is 5.86. The van der Waals surface area contributed by atoms with E-state index in [4.69, 9.17) is 9.72 Å². The van der Waals surface area contributed by atoms with Crippen LogP contribution in [0.25, 0.3) is 10.2 Å². The number of aromatic nitrogens is 3. The molecule has 0 saturated carbocycles. The maximum atomic E-state index is 12.7. The Bertz CT molecular complexity index is 956. The predicted molar refractivity (Wildman–Crippen MR) is 107 cm³/mol. The van der Waals surface area contributed by atoms with E-state index in [1.807, 2.05) is 47.8 Å². The number of hydrogen-bond acceptors (Lipinski definition) is 6. The van der Waals surface area contributed by atoms with Crippen molar-refractivity contribution in [3.05, 3.63) is 36.2 Å². The molecule has 1 fully saturated rings. The third kappa shape index (κ3) is 3.49. The summed E-state index contributed by atoms with van der Waals surface area (Å²) in [4.78, 5) is 21.5. The second-order valence-electron chi connectivity index (χ2n) is 6.88. The Morgan fingerprint density at radius 3 is 2.63 bits per heavy atom. The molecule has 27 heavy (non-hydrogen) atoms. The van der Waals surface area contributed by atoms with Gasteiger partial charge in [-0.1, -0.05) is 11.3 Å². The second kappa shape index (κ2) is 7.19. The Morgan fingerprint density at radius 2 is 1.96 bits per heavy atom. The van der Waals surface area contributed by atoms with Crippen LogP contribution in [0, 0.1) is 0 Å². The van der Waals surface area contributed by atoms with Crippen molar-refractivity contribution in [3.8, 4) is 5.75 Å². The molecule has 0 radical (unpaired) electrons. The minimum Gasteiger partial charge on any atom is -0.497 e. The molecule has 2 aromatic heterocycles. The van der Waals surface area contributed by atoms with Crippen LogP contribution in [0.15, 0.2) is 30.5 Å². The molecule has 0 atom stereocenters. The summed E-state index contributed by atoms with van der Waals surface area (Å²) in [6, 6.07) is 7.98. The Morgan fingerprint density at radius 1 is 1.19 bits per heavy atom. The van der Waals surface area contributed by atoms with E-state index in [1.54, 1.807) is 24.5 Å². The molecule has 1 aliphatic rings. The first kappa shape index (κ1) is 17.8. The fourth-order valence-electron chi connectivity index (χ4n) is 3.16. The number of benzene rings is 1. The highest BCUT2D eigenvalue weighted by Gasteiger charge is 2.25. The highest BCUT2D eigenvalue weighted by Crippen LogP contribution is 2.31. The Labute approximate surface area is 162 Å². The molecule has 0 bridgehead atoms. The lowest BCUT2D eigenvalue weighted by Gasteiger charge is -2.34. The Balaban J connectivity index is 1.43. The molecule has 0 spiro atoms. The van der Waals surface area contributed by atoms with Gasteiger partial charge in [-0.25, -0.2) is 4.98 Å². The molecular weight excluding hydrogens is 362 g/mol.